The summed E-state index contributed by atoms with van der Waals surface area (Å²) in [5.41, 5.74) is 0.814. The van der Waals surface area contributed by atoms with Gasteiger partial charge in [-0.05, 0) is 38.5 Å². The molecule has 1 rings (SSSR count). The van der Waals surface area contributed by atoms with Crippen LogP contribution in [0.3, 0.4) is 0 Å². The molecule has 1 aromatic carbocycles. The van der Waals surface area contributed by atoms with E-state index in [2.05, 4.69) is 0 Å². The summed E-state index contributed by atoms with van der Waals surface area (Å²) in [5, 5.41) is 9.41. The van der Waals surface area contributed by atoms with Gasteiger partial charge in [-0.25, -0.2) is 0 Å². The Hall–Kier alpha value is -0.730. The molecule has 2 nitrogen and oxygen atoms in total. The minimum Gasteiger partial charge on any atom is -0.491 e. The molecule has 0 saturated carbocycles. The topological polar surface area (TPSA) is 29.5 Å². The predicted octanol–water partition coefficient (Wildman–Crippen LogP) is 3.13. The van der Waals surface area contributed by atoms with E-state index >= 15 is 0 Å². The third kappa shape index (κ3) is 3.73. The Morgan fingerprint density at radius 3 is 2.07 bits per heavy atom. The van der Waals surface area contributed by atoms with Crippen molar-refractivity contribution in [2.24, 2.45) is 0 Å². The maximum atomic E-state index is 9.70. The fourth-order valence-corrected chi connectivity index (χ4v) is 1.43. The van der Waals surface area contributed by atoms with E-state index in [1.54, 1.807) is 6.92 Å². The summed E-state index contributed by atoms with van der Waals surface area (Å²) in [6.45, 7) is 5.72. The second kappa shape index (κ2) is 5.38. The van der Waals surface area contributed by atoms with Crippen molar-refractivity contribution >= 4 is 11.6 Å². The van der Waals surface area contributed by atoms with Crippen LogP contribution < -0.4 is 4.74 Å². The number of halogens is 1. The maximum Gasteiger partial charge on any atom is 0.119 e. The minimum atomic E-state index is -0.625. The average molecular weight is 229 g/mol. The van der Waals surface area contributed by atoms with Crippen LogP contribution in [0, 0.1) is 0 Å². The quantitative estimate of drug-likeness (QED) is 0.803. The molecule has 15 heavy (non-hydrogen) atoms. The zero-order chi connectivity index (χ0) is 11.4. The molecule has 3 heteroatoms. The van der Waals surface area contributed by atoms with Gasteiger partial charge in [-0.2, -0.15) is 0 Å². The number of aliphatic hydroxyl groups excluding tert-OH is 1. The molecule has 0 aliphatic rings. The van der Waals surface area contributed by atoms with Crippen LogP contribution in [0.2, 0.25) is 0 Å². The van der Waals surface area contributed by atoms with Crippen molar-refractivity contribution in [2.45, 2.75) is 38.4 Å². The second-order valence-corrected chi connectivity index (χ2v) is 4.55. The Morgan fingerprint density at radius 1 is 1.13 bits per heavy atom. The molecule has 0 radical (unpaired) electrons. The molecule has 1 N–H and O–H groups in total. The first-order chi connectivity index (χ1) is 7.00. The first-order valence-electron chi connectivity index (χ1n) is 5.09. The highest BCUT2D eigenvalue weighted by molar-refractivity contribution is 6.20. The number of aliphatic hydroxyl groups is 1. The summed E-state index contributed by atoms with van der Waals surface area (Å²) in [4.78, 5) is 0. The highest BCUT2D eigenvalue weighted by Gasteiger charge is 2.13. The summed E-state index contributed by atoms with van der Waals surface area (Å²) in [6, 6.07) is 7.36. The van der Waals surface area contributed by atoms with Crippen molar-refractivity contribution in [3.8, 4) is 5.75 Å². The van der Waals surface area contributed by atoms with Gasteiger partial charge in [0.15, 0.2) is 0 Å². The molecule has 0 aliphatic carbocycles. The van der Waals surface area contributed by atoms with Gasteiger partial charge in [0, 0.05) is 0 Å². The van der Waals surface area contributed by atoms with Gasteiger partial charge in [-0.15, -0.1) is 11.6 Å². The zero-order valence-corrected chi connectivity index (χ0v) is 10.0. The molecule has 0 bridgehead atoms. The SMILES string of the molecule is CC(C)Oc1ccc(C(O)C(C)Cl)cc1. The Labute approximate surface area is 95.8 Å². The molecule has 2 atom stereocenters. The summed E-state index contributed by atoms with van der Waals surface area (Å²) in [7, 11) is 0. The van der Waals surface area contributed by atoms with E-state index in [4.69, 9.17) is 16.3 Å². The molecule has 84 valence electrons. The Balaban J connectivity index is 2.72. The van der Waals surface area contributed by atoms with Crippen LogP contribution in [0.5, 0.6) is 5.75 Å². The van der Waals surface area contributed by atoms with Crippen LogP contribution in [0.1, 0.15) is 32.4 Å². The summed E-state index contributed by atoms with van der Waals surface area (Å²) in [5.74, 6) is 0.808. The van der Waals surface area contributed by atoms with Crippen molar-refractivity contribution < 1.29 is 9.84 Å². The lowest BCUT2D eigenvalue weighted by Gasteiger charge is -2.14. The fourth-order valence-electron chi connectivity index (χ4n) is 1.28. The summed E-state index contributed by atoms with van der Waals surface area (Å²) in [6.07, 6.45) is -0.465. The van der Waals surface area contributed by atoms with Gasteiger partial charge in [-0.3, -0.25) is 0 Å². The van der Waals surface area contributed by atoms with Gasteiger partial charge >= 0.3 is 0 Å². The third-order valence-electron chi connectivity index (χ3n) is 2.03. The first-order valence-corrected chi connectivity index (χ1v) is 5.53. The molecule has 0 spiro atoms. The van der Waals surface area contributed by atoms with E-state index in [9.17, 15) is 5.11 Å². The maximum absolute atomic E-state index is 9.70. The highest BCUT2D eigenvalue weighted by atomic mass is 35.5. The van der Waals surface area contributed by atoms with E-state index in [-0.39, 0.29) is 11.5 Å². The molecule has 0 aliphatic heterocycles. The van der Waals surface area contributed by atoms with Crippen LogP contribution in [0.25, 0.3) is 0 Å². The third-order valence-corrected chi connectivity index (χ3v) is 2.27. The number of hydrogen-bond donors (Lipinski definition) is 1. The fraction of sp³-hybridized carbons (Fsp3) is 0.500. The largest absolute Gasteiger partial charge is 0.491 e. The molecular weight excluding hydrogens is 212 g/mol. The van der Waals surface area contributed by atoms with Crippen LogP contribution >= 0.6 is 11.6 Å². The minimum absolute atomic E-state index is 0.160. The van der Waals surface area contributed by atoms with Crippen molar-refractivity contribution in [3.05, 3.63) is 29.8 Å². The van der Waals surface area contributed by atoms with E-state index in [0.29, 0.717) is 0 Å². The monoisotopic (exact) mass is 228 g/mol. The van der Waals surface area contributed by atoms with Gasteiger partial charge in [0.05, 0.1) is 17.6 Å². The lowest BCUT2D eigenvalue weighted by molar-refractivity contribution is 0.177. The number of ether oxygens (including phenoxy) is 1. The van der Waals surface area contributed by atoms with Crippen LogP contribution in [0.4, 0.5) is 0 Å². The summed E-state index contributed by atoms with van der Waals surface area (Å²) < 4.78 is 5.49. The molecule has 0 amide bonds. The highest BCUT2D eigenvalue weighted by Crippen LogP contribution is 2.23. The molecule has 1 aromatic rings. The Bertz CT molecular complexity index is 293. The average Bonchev–Trinajstić information content (AvgIpc) is 2.17. The smallest absolute Gasteiger partial charge is 0.119 e. The van der Waals surface area contributed by atoms with Gasteiger partial charge in [-0.1, -0.05) is 12.1 Å². The number of benzene rings is 1. The predicted molar refractivity (Wildman–Crippen MR) is 62.5 cm³/mol. The van der Waals surface area contributed by atoms with Gasteiger partial charge in [0.1, 0.15) is 5.75 Å². The zero-order valence-electron chi connectivity index (χ0n) is 9.27. The lowest BCUT2D eigenvalue weighted by Crippen LogP contribution is -2.09. The molecule has 0 aromatic heterocycles. The van der Waals surface area contributed by atoms with Crippen LogP contribution in [-0.4, -0.2) is 16.6 Å². The normalized spacial score (nSPS) is 15.1. The van der Waals surface area contributed by atoms with Crippen molar-refractivity contribution in [3.63, 3.8) is 0 Å². The molecule has 0 fully saturated rings. The summed E-state index contributed by atoms with van der Waals surface area (Å²) >= 11 is 5.81. The van der Waals surface area contributed by atoms with Crippen LogP contribution in [0.15, 0.2) is 24.3 Å². The molecule has 0 saturated heterocycles. The van der Waals surface area contributed by atoms with E-state index in [1.165, 1.54) is 0 Å². The van der Waals surface area contributed by atoms with Crippen LogP contribution in [-0.2, 0) is 0 Å². The van der Waals surface area contributed by atoms with Crippen molar-refractivity contribution in [1.29, 1.82) is 0 Å². The molecule has 0 heterocycles. The second-order valence-electron chi connectivity index (χ2n) is 3.86. The van der Waals surface area contributed by atoms with Gasteiger partial charge in [0.2, 0.25) is 0 Å². The van der Waals surface area contributed by atoms with E-state index in [1.807, 2.05) is 38.1 Å². The van der Waals surface area contributed by atoms with Gasteiger partial charge in [0.25, 0.3) is 0 Å². The van der Waals surface area contributed by atoms with Gasteiger partial charge < -0.3 is 9.84 Å². The first kappa shape index (κ1) is 12.3. The lowest BCUT2D eigenvalue weighted by atomic mass is 10.1. The molecule has 2 unspecified atom stereocenters. The number of hydrogen-bond acceptors (Lipinski definition) is 2. The molecular formula is C12H17ClO2. The van der Waals surface area contributed by atoms with Crippen molar-refractivity contribution in [2.75, 3.05) is 0 Å². The number of rotatable bonds is 4. The standard InChI is InChI=1S/C12H17ClO2/c1-8(2)15-11-6-4-10(5-7-11)12(14)9(3)13/h4-9,12,14H,1-3H3. The van der Waals surface area contributed by atoms with E-state index in [0.717, 1.165) is 11.3 Å². The van der Waals surface area contributed by atoms with Crippen molar-refractivity contribution in [1.82, 2.24) is 0 Å². The number of alkyl halides is 1. The Morgan fingerprint density at radius 2 is 1.67 bits per heavy atom. The van der Waals surface area contributed by atoms with E-state index < -0.39 is 6.10 Å². The Kier molecular flexibility index (Phi) is 4.43.